The Labute approximate surface area is 79.3 Å². The van der Waals surface area contributed by atoms with Gasteiger partial charge >= 0.3 is 0 Å². The fourth-order valence-corrected chi connectivity index (χ4v) is 1.20. The summed E-state index contributed by atoms with van der Waals surface area (Å²) in [6.45, 7) is 2.77. The molecule has 1 rings (SSSR count). The number of rotatable bonds is 7. The van der Waals surface area contributed by atoms with Crippen LogP contribution in [-0.4, -0.2) is 13.1 Å². The number of nitrogens with two attached hydrogens (primary N) is 1. The van der Waals surface area contributed by atoms with Crippen LogP contribution in [0.4, 0.5) is 0 Å². The Morgan fingerprint density at radius 1 is 1.31 bits per heavy atom. The zero-order chi connectivity index (χ0) is 9.36. The Morgan fingerprint density at radius 3 is 2.92 bits per heavy atom. The highest BCUT2D eigenvalue weighted by Gasteiger charge is 1.92. The van der Waals surface area contributed by atoms with Crippen molar-refractivity contribution in [2.45, 2.75) is 25.8 Å². The van der Waals surface area contributed by atoms with Gasteiger partial charge in [-0.15, -0.1) is 0 Å². The zero-order valence-corrected chi connectivity index (χ0v) is 7.96. The predicted molar refractivity (Wildman–Crippen MR) is 53.3 cm³/mol. The molecule has 0 radical (unpaired) electrons. The molecule has 0 unspecified atom stereocenters. The first-order chi connectivity index (χ1) is 6.43. The van der Waals surface area contributed by atoms with Crippen molar-refractivity contribution in [3.05, 3.63) is 24.2 Å². The summed E-state index contributed by atoms with van der Waals surface area (Å²) in [7, 11) is 0. The third kappa shape index (κ3) is 4.70. The minimum Gasteiger partial charge on any atom is -0.472 e. The Balaban J connectivity index is 1.90. The van der Waals surface area contributed by atoms with Crippen LogP contribution in [0.1, 0.15) is 24.8 Å². The summed E-state index contributed by atoms with van der Waals surface area (Å²) in [5.74, 6) is 0. The molecule has 0 aromatic carbocycles. The molecule has 0 aliphatic heterocycles. The van der Waals surface area contributed by atoms with Crippen LogP contribution in [0.15, 0.2) is 23.0 Å². The topological polar surface area (TPSA) is 51.2 Å². The minimum absolute atomic E-state index is 0.807. The van der Waals surface area contributed by atoms with Crippen LogP contribution in [0.5, 0.6) is 0 Å². The number of hydrogen-bond donors (Lipinski definition) is 2. The van der Waals surface area contributed by atoms with Gasteiger partial charge in [0.15, 0.2) is 0 Å². The second-order valence-corrected chi connectivity index (χ2v) is 3.16. The van der Waals surface area contributed by atoms with Crippen LogP contribution in [0.3, 0.4) is 0 Å². The van der Waals surface area contributed by atoms with Gasteiger partial charge in [-0.25, -0.2) is 0 Å². The Bertz CT molecular complexity index is 197. The molecule has 0 aliphatic rings. The molecule has 0 atom stereocenters. The second-order valence-electron chi connectivity index (χ2n) is 3.16. The predicted octanol–water partition coefficient (Wildman–Crippen LogP) is 1.50. The van der Waals surface area contributed by atoms with Gasteiger partial charge in [0.05, 0.1) is 12.5 Å². The maximum absolute atomic E-state index is 5.39. The van der Waals surface area contributed by atoms with E-state index in [4.69, 9.17) is 10.2 Å². The molecule has 0 bridgehead atoms. The summed E-state index contributed by atoms with van der Waals surface area (Å²) in [5, 5.41) is 3.35. The number of unbranched alkanes of at least 4 members (excludes halogenated alkanes) is 2. The van der Waals surface area contributed by atoms with Crippen LogP contribution in [0, 0.1) is 0 Å². The number of nitrogens with one attached hydrogen (secondary N) is 1. The zero-order valence-electron chi connectivity index (χ0n) is 7.96. The van der Waals surface area contributed by atoms with E-state index in [-0.39, 0.29) is 0 Å². The average molecular weight is 182 g/mol. The van der Waals surface area contributed by atoms with Crippen molar-refractivity contribution in [2.24, 2.45) is 5.73 Å². The summed E-state index contributed by atoms with van der Waals surface area (Å²) in [5.41, 5.74) is 6.59. The van der Waals surface area contributed by atoms with Gasteiger partial charge < -0.3 is 15.5 Å². The van der Waals surface area contributed by atoms with E-state index in [1.807, 2.05) is 6.07 Å². The van der Waals surface area contributed by atoms with E-state index in [0.29, 0.717) is 0 Å². The Morgan fingerprint density at radius 2 is 2.23 bits per heavy atom. The summed E-state index contributed by atoms with van der Waals surface area (Å²) in [6.07, 6.45) is 7.02. The molecule has 1 aromatic heterocycles. The molecule has 0 aliphatic carbocycles. The van der Waals surface area contributed by atoms with Gasteiger partial charge in [0, 0.05) is 12.1 Å². The van der Waals surface area contributed by atoms with Crippen molar-refractivity contribution in [1.29, 1.82) is 0 Å². The highest BCUT2D eigenvalue weighted by atomic mass is 16.3. The van der Waals surface area contributed by atoms with E-state index in [1.54, 1.807) is 12.5 Å². The van der Waals surface area contributed by atoms with Crippen molar-refractivity contribution in [3.8, 4) is 0 Å². The molecule has 3 nitrogen and oxygen atoms in total. The van der Waals surface area contributed by atoms with Crippen LogP contribution in [0.2, 0.25) is 0 Å². The molecule has 3 N–H and O–H groups in total. The van der Waals surface area contributed by atoms with Crippen molar-refractivity contribution < 1.29 is 4.42 Å². The lowest BCUT2D eigenvalue weighted by Crippen LogP contribution is -2.14. The molecule has 1 heterocycles. The molecule has 3 heteroatoms. The number of hydrogen-bond acceptors (Lipinski definition) is 3. The Kier molecular flexibility index (Phi) is 5.29. The standard InChI is InChI=1S/C10H18N2O/c11-5-2-1-3-6-12-8-10-4-7-13-9-10/h4,7,9,12H,1-3,5-6,8,11H2. The highest BCUT2D eigenvalue weighted by molar-refractivity contribution is 5.04. The second kappa shape index (κ2) is 6.69. The van der Waals surface area contributed by atoms with Crippen molar-refractivity contribution in [2.75, 3.05) is 13.1 Å². The molecular weight excluding hydrogens is 164 g/mol. The van der Waals surface area contributed by atoms with Gasteiger partial charge in [0.25, 0.3) is 0 Å². The van der Waals surface area contributed by atoms with Crippen molar-refractivity contribution >= 4 is 0 Å². The summed E-state index contributed by atoms with van der Waals surface area (Å²) >= 11 is 0. The van der Waals surface area contributed by atoms with Gasteiger partial charge in [-0.05, 0) is 32.0 Å². The largest absolute Gasteiger partial charge is 0.472 e. The van der Waals surface area contributed by atoms with Crippen LogP contribution in [0.25, 0.3) is 0 Å². The number of furan rings is 1. The first kappa shape index (κ1) is 10.3. The Hall–Kier alpha value is -0.800. The maximum atomic E-state index is 5.39. The first-order valence-electron chi connectivity index (χ1n) is 4.85. The maximum Gasteiger partial charge on any atom is 0.0947 e. The molecule has 74 valence electrons. The van der Waals surface area contributed by atoms with E-state index in [2.05, 4.69) is 5.32 Å². The van der Waals surface area contributed by atoms with Crippen molar-refractivity contribution in [1.82, 2.24) is 5.32 Å². The van der Waals surface area contributed by atoms with E-state index < -0.39 is 0 Å². The average Bonchev–Trinajstić information content (AvgIpc) is 2.63. The summed E-state index contributed by atoms with van der Waals surface area (Å²) in [6, 6.07) is 1.98. The van der Waals surface area contributed by atoms with E-state index in [1.165, 1.54) is 18.4 Å². The van der Waals surface area contributed by atoms with E-state index >= 15 is 0 Å². The van der Waals surface area contributed by atoms with Gasteiger partial charge in [-0.1, -0.05) is 6.42 Å². The minimum atomic E-state index is 0.807. The molecular formula is C10H18N2O. The monoisotopic (exact) mass is 182 g/mol. The molecule has 0 fully saturated rings. The van der Waals surface area contributed by atoms with Gasteiger partial charge in [-0.2, -0.15) is 0 Å². The van der Waals surface area contributed by atoms with E-state index in [9.17, 15) is 0 Å². The third-order valence-electron chi connectivity index (χ3n) is 1.97. The van der Waals surface area contributed by atoms with Gasteiger partial charge in [-0.3, -0.25) is 0 Å². The highest BCUT2D eigenvalue weighted by Crippen LogP contribution is 1.98. The molecule has 1 aromatic rings. The van der Waals surface area contributed by atoms with E-state index in [0.717, 1.165) is 26.1 Å². The quantitative estimate of drug-likeness (QED) is 0.628. The lowest BCUT2D eigenvalue weighted by molar-refractivity contribution is 0.557. The van der Waals surface area contributed by atoms with Crippen LogP contribution < -0.4 is 11.1 Å². The molecule has 0 saturated heterocycles. The molecule has 0 amide bonds. The molecule has 0 saturated carbocycles. The fourth-order valence-electron chi connectivity index (χ4n) is 1.20. The summed E-state index contributed by atoms with van der Waals surface area (Å²) < 4.78 is 4.95. The normalized spacial score (nSPS) is 10.5. The SMILES string of the molecule is NCCCCCNCc1ccoc1. The van der Waals surface area contributed by atoms with Crippen molar-refractivity contribution in [3.63, 3.8) is 0 Å². The fraction of sp³-hybridized carbons (Fsp3) is 0.600. The third-order valence-corrected chi connectivity index (χ3v) is 1.97. The molecule has 13 heavy (non-hydrogen) atoms. The van der Waals surface area contributed by atoms with Gasteiger partial charge in [0.2, 0.25) is 0 Å². The molecule has 0 spiro atoms. The van der Waals surface area contributed by atoms with Crippen LogP contribution >= 0.6 is 0 Å². The van der Waals surface area contributed by atoms with Gasteiger partial charge in [0.1, 0.15) is 0 Å². The lowest BCUT2D eigenvalue weighted by Gasteiger charge is -2.01. The van der Waals surface area contributed by atoms with Crippen LogP contribution in [-0.2, 0) is 6.54 Å². The summed E-state index contributed by atoms with van der Waals surface area (Å²) in [4.78, 5) is 0. The first-order valence-corrected chi connectivity index (χ1v) is 4.85. The smallest absolute Gasteiger partial charge is 0.0947 e. The lowest BCUT2D eigenvalue weighted by atomic mass is 10.2.